The largest absolute Gasteiger partial charge is 0.377 e. The summed E-state index contributed by atoms with van der Waals surface area (Å²) < 4.78 is 7.45. The molecule has 3 heterocycles. The third-order valence-corrected chi connectivity index (χ3v) is 4.89. The molecule has 8 heteroatoms. The summed E-state index contributed by atoms with van der Waals surface area (Å²) in [6.45, 7) is 4.34. The van der Waals surface area contributed by atoms with Gasteiger partial charge < -0.3 is 20.7 Å². The lowest BCUT2D eigenvalue weighted by atomic mass is 10.2. The molecule has 1 unspecified atom stereocenters. The number of hydrogen-bond donors (Lipinski definition) is 2. The second-order valence-electron chi connectivity index (χ2n) is 6.83. The van der Waals surface area contributed by atoms with Crippen molar-refractivity contribution in [3.8, 4) is 5.69 Å². The SMILES string of the molecule is Cc1ccc(-n2nc(N3CCOCC3C(=O)NCCN)c3ccncc32)cc1. The molecule has 0 radical (unpaired) electrons. The van der Waals surface area contributed by atoms with E-state index < -0.39 is 6.04 Å². The molecule has 0 spiro atoms. The van der Waals surface area contributed by atoms with E-state index in [4.69, 9.17) is 15.6 Å². The maximum absolute atomic E-state index is 12.7. The first-order chi connectivity index (χ1) is 13.7. The van der Waals surface area contributed by atoms with Gasteiger partial charge in [-0.1, -0.05) is 17.7 Å². The number of fused-ring (bicyclic) bond motifs is 1. The summed E-state index contributed by atoms with van der Waals surface area (Å²) in [6.07, 6.45) is 3.55. The van der Waals surface area contributed by atoms with Crippen LogP contribution in [-0.4, -0.2) is 59.6 Å². The van der Waals surface area contributed by atoms with Crippen LogP contribution < -0.4 is 16.0 Å². The standard InChI is InChI=1S/C20H24N6O2/c1-14-2-4-15(5-3-14)26-17-12-22-8-6-16(17)19(24-26)25-10-11-28-13-18(25)20(27)23-9-7-21/h2-6,8,12,18H,7,9-11,13,21H2,1H3,(H,23,27). The van der Waals surface area contributed by atoms with Gasteiger partial charge in [-0.15, -0.1) is 5.10 Å². The van der Waals surface area contributed by atoms with Crippen molar-refractivity contribution in [2.24, 2.45) is 5.73 Å². The minimum atomic E-state index is -0.446. The number of pyridine rings is 1. The fourth-order valence-corrected chi connectivity index (χ4v) is 3.43. The van der Waals surface area contributed by atoms with E-state index in [-0.39, 0.29) is 5.91 Å². The summed E-state index contributed by atoms with van der Waals surface area (Å²) in [7, 11) is 0. The fraction of sp³-hybridized carbons (Fsp3) is 0.350. The molecule has 1 atom stereocenters. The topological polar surface area (TPSA) is 98.3 Å². The van der Waals surface area contributed by atoms with Crippen molar-refractivity contribution in [2.45, 2.75) is 13.0 Å². The van der Waals surface area contributed by atoms with Gasteiger partial charge in [0.1, 0.15) is 6.04 Å². The summed E-state index contributed by atoms with van der Waals surface area (Å²) in [6, 6.07) is 9.66. The number of nitrogens with zero attached hydrogens (tertiary/aromatic N) is 4. The molecule has 1 aliphatic heterocycles. The monoisotopic (exact) mass is 380 g/mol. The Morgan fingerprint density at radius 2 is 2.14 bits per heavy atom. The lowest BCUT2D eigenvalue weighted by Crippen LogP contribution is -2.54. The number of aromatic nitrogens is 3. The Hall–Kier alpha value is -2.97. The Kier molecular flexibility index (Phi) is 5.23. The van der Waals surface area contributed by atoms with Crippen LogP contribution in [0.2, 0.25) is 0 Å². The van der Waals surface area contributed by atoms with Gasteiger partial charge >= 0.3 is 0 Å². The van der Waals surface area contributed by atoms with E-state index in [1.807, 2.05) is 27.8 Å². The van der Waals surface area contributed by atoms with Gasteiger partial charge in [-0.25, -0.2) is 4.68 Å². The molecule has 0 saturated carbocycles. The number of hydrogen-bond acceptors (Lipinski definition) is 6. The molecule has 146 valence electrons. The third-order valence-electron chi connectivity index (χ3n) is 4.89. The first kappa shape index (κ1) is 18.4. The smallest absolute Gasteiger partial charge is 0.245 e. The van der Waals surface area contributed by atoms with Gasteiger partial charge in [0.25, 0.3) is 0 Å². The quantitative estimate of drug-likeness (QED) is 0.686. The molecule has 8 nitrogen and oxygen atoms in total. The number of aryl methyl sites for hydroxylation is 1. The third kappa shape index (κ3) is 3.44. The van der Waals surface area contributed by atoms with Gasteiger partial charge in [0.05, 0.1) is 30.6 Å². The number of morpholine rings is 1. The normalized spacial score (nSPS) is 17.1. The zero-order valence-corrected chi connectivity index (χ0v) is 15.8. The summed E-state index contributed by atoms with van der Waals surface area (Å²) in [5.41, 5.74) is 8.55. The number of carbonyl (C=O) groups is 1. The van der Waals surface area contributed by atoms with E-state index in [9.17, 15) is 4.79 Å². The number of nitrogens with one attached hydrogen (secondary N) is 1. The van der Waals surface area contributed by atoms with Crippen LogP contribution in [0.25, 0.3) is 16.6 Å². The van der Waals surface area contributed by atoms with Crippen LogP contribution in [0.5, 0.6) is 0 Å². The molecule has 1 amide bonds. The second-order valence-corrected chi connectivity index (χ2v) is 6.83. The number of ether oxygens (including phenoxy) is 1. The summed E-state index contributed by atoms with van der Waals surface area (Å²) >= 11 is 0. The van der Waals surface area contributed by atoms with Crippen LogP contribution in [-0.2, 0) is 9.53 Å². The van der Waals surface area contributed by atoms with Crippen LogP contribution in [0.1, 0.15) is 5.56 Å². The number of anilines is 1. The highest BCUT2D eigenvalue weighted by atomic mass is 16.5. The van der Waals surface area contributed by atoms with E-state index in [2.05, 4.69) is 29.4 Å². The predicted molar refractivity (Wildman–Crippen MR) is 108 cm³/mol. The first-order valence-corrected chi connectivity index (χ1v) is 9.41. The van der Waals surface area contributed by atoms with Gasteiger partial charge in [-0.05, 0) is 25.1 Å². The van der Waals surface area contributed by atoms with Crippen LogP contribution >= 0.6 is 0 Å². The van der Waals surface area contributed by atoms with Crippen molar-refractivity contribution >= 4 is 22.6 Å². The Morgan fingerprint density at radius 1 is 1.32 bits per heavy atom. The molecule has 1 aromatic carbocycles. The van der Waals surface area contributed by atoms with Crippen molar-refractivity contribution in [1.82, 2.24) is 20.1 Å². The molecule has 28 heavy (non-hydrogen) atoms. The first-order valence-electron chi connectivity index (χ1n) is 9.41. The zero-order chi connectivity index (χ0) is 19.5. The highest BCUT2D eigenvalue weighted by Crippen LogP contribution is 2.30. The average Bonchev–Trinajstić information content (AvgIpc) is 3.12. The fourth-order valence-electron chi connectivity index (χ4n) is 3.43. The summed E-state index contributed by atoms with van der Waals surface area (Å²) in [4.78, 5) is 18.9. The minimum Gasteiger partial charge on any atom is -0.377 e. The van der Waals surface area contributed by atoms with E-state index >= 15 is 0 Å². The molecular formula is C20H24N6O2. The highest BCUT2D eigenvalue weighted by molar-refractivity contribution is 5.94. The van der Waals surface area contributed by atoms with Crippen molar-refractivity contribution < 1.29 is 9.53 Å². The summed E-state index contributed by atoms with van der Waals surface area (Å²) in [5.74, 6) is 0.659. The molecule has 0 bridgehead atoms. The van der Waals surface area contributed by atoms with Crippen molar-refractivity contribution in [3.63, 3.8) is 0 Å². The van der Waals surface area contributed by atoms with Crippen LogP contribution in [0.15, 0.2) is 42.7 Å². The summed E-state index contributed by atoms with van der Waals surface area (Å²) in [5, 5.41) is 8.68. The van der Waals surface area contributed by atoms with E-state index in [0.717, 1.165) is 22.4 Å². The van der Waals surface area contributed by atoms with Gasteiger partial charge in [-0.2, -0.15) is 0 Å². The zero-order valence-electron chi connectivity index (χ0n) is 15.8. The number of amides is 1. The maximum Gasteiger partial charge on any atom is 0.245 e. The van der Waals surface area contributed by atoms with Crippen LogP contribution in [0.4, 0.5) is 5.82 Å². The number of benzene rings is 1. The van der Waals surface area contributed by atoms with E-state index in [1.165, 1.54) is 5.56 Å². The van der Waals surface area contributed by atoms with Gasteiger partial charge in [0.2, 0.25) is 5.91 Å². The molecular weight excluding hydrogens is 356 g/mol. The minimum absolute atomic E-state index is 0.0998. The number of carbonyl (C=O) groups excluding carboxylic acids is 1. The Bertz CT molecular complexity index is 968. The molecule has 3 N–H and O–H groups in total. The molecule has 1 aliphatic rings. The number of rotatable bonds is 5. The van der Waals surface area contributed by atoms with Gasteiger partial charge in [-0.3, -0.25) is 9.78 Å². The van der Waals surface area contributed by atoms with Crippen molar-refractivity contribution in [3.05, 3.63) is 48.3 Å². The second kappa shape index (κ2) is 7.95. The maximum atomic E-state index is 12.7. The van der Waals surface area contributed by atoms with Crippen molar-refractivity contribution in [1.29, 1.82) is 0 Å². The molecule has 3 aromatic rings. The van der Waals surface area contributed by atoms with Gasteiger partial charge in [0.15, 0.2) is 5.82 Å². The lowest BCUT2D eigenvalue weighted by Gasteiger charge is -2.34. The number of nitrogens with two attached hydrogens (primary N) is 1. The van der Waals surface area contributed by atoms with Gasteiger partial charge in [0, 0.05) is 31.2 Å². The average molecular weight is 380 g/mol. The van der Waals surface area contributed by atoms with Crippen molar-refractivity contribution in [2.75, 3.05) is 37.7 Å². The Morgan fingerprint density at radius 3 is 2.93 bits per heavy atom. The molecule has 1 saturated heterocycles. The molecule has 4 rings (SSSR count). The van der Waals surface area contributed by atoms with E-state index in [1.54, 1.807) is 12.4 Å². The van der Waals surface area contributed by atoms with E-state index in [0.29, 0.717) is 32.8 Å². The molecule has 2 aromatic heterocycles. The lowest BCUT2D eigenvalue weighted by molar-refractivity contribution is -0.124. The van der Waals surface area contributed by atoms with Crippen LogP contribution in [0, 0.1) is 6.92 Å². The Balaban J connectivity index is 1.77. The Labute approximate surface area is 163 Å². The van der Waals surface area contributed by atoms with Crippen LogP contribution in [0.3, 0.4) is 0 Å². The molecule has 0 aliphatic carbocycles. The highest BCUT2D eigenvalue weighted by Gasteiger charge is 2.32. The molecule has 1 fully saturated rings. The predicted octanol–water partition coefficient (Wildman–Crippen LogP) is 1.01.